The SMILES string of the molecule is Cc1ccc(-c2nnc(SCC(=O)NN=Cc3ccccc3OCC(=O)O)n2-c2ccccc2)cc1. The zero-order chi connectivity index (χ0) is 25.3. The summed E-state index contributed by atoms with van der Waals surface area (Å²) >= 11 is 1.24. The van der Waals surface area contributed by atoms with Crippen LogP contribution >= 0.6 is 11.8 Å². The topological polar surface area (TPSA) is 119 Å². The molecule has 0 unspecified atom stereocenters. The van der Waals surface area contributed by atoms with E-state index in [1.165, 1.54) is 18.0 Å². The summed E-state index contributed by atoms with van der Waals surface area (Å²) in [5.74, 6) is -0.319. The minimum absolute atomic E-state index is 0.0629. The van der Waals surface area contributed by atoms with E-state index in [4.69, 9.17) is 9.84 Å². The first-order valence-electron chi connectivity index (χ1n) is 11.0. The number of carbonyl (C=O) groups excluding carboxylic acids is 1. The van der Waals surface area contributed by atoms with Crippen molar-refractivity contribution in [1.29, 1.82) is 0 Å². The number of rotatable bonds is 10. The quantitative estimate of drug-likeness (QED) is 0.192. The van der Waals surface area contributed by atoms with Gasteiger partial charge in [0.05, 0.1) is 12.0 Å². The molecule has 0 aliphatic heterocycles. The van der Waals surface area contributed by atoms with E-state index in [1.807, 2.05) is 66.1 Å². The number of carboxylic acids is 1. The first-order valence-corrected chi connectivity index (χ1v) is 12.0. The van der Waals surface area contributed by atoms with Crippen LogP contribution in [0.15, 0.2) is 89.1 Å². The lowest BCUT2D eigenvalue weighted by Crippen LogP contribution is -2.20. The number of ether oxygens (including phenoxy) is 1. The van der Waals surface area contributed by atoms with Gasteiger partial charge in [-0.25, -0.2) is 10.2 Å². The predicted molar refractivity (Wildman–Crippen MR) is 138 cm³/mol. The summed E-state index contributed by atoms with van der Waals surface area (Å²) in [6.45, 7) is 1.55. The third-order valence-corrected chi connectivity index (χ3v) is 5.88. The molecule has 2 N–H and O–H groups in total. The zero-order valence-electron chi connectivity index (χ0n) is 19.4. The number of hydrazone groups is 1. The van der Waals surface area contributed by atoms with Gasteiger partial charge in [-0.3, -0.25) is 9.36 Å². The van der Waals surface area contributed by atoms with Gasteiger partial charge in [0.1, 0.15) is 5.75 Å². The molecule has 0 bridgehead atoms. The Balaban J connectivity index is 1.45. The van der Waals surface area contributed by atoms with Crippen molar-refractivity contribution in [2.75, 3.05) is 12.4 Å². The predicted octanol–water partition coefficient (Wildman–Crippen LogP) is 3.95. The van der Waals surface area contributed by atoms with Crippen LogP contribution in [-0.2, 0) is 9.59 Å². The highest BCUT2D eigenvalue weighted by Crippen LogP contribution is 2.28. The minimum atomic E-state index is -1.08. The molecule has 0 fully saturated rings. The van der Waals surface area contributed by atoms with Gasteiger partial charge in [-0.05, 0) is 31.2 Å². The van der Waals surface area contributed by atoms with E-state index in [0.717, 1.165) is 16.8 Å². The van der Waals surface area contributed by atoms with Gasteiger partial charge in [-0.15, -0.1) is 10.2 Å². The summed E-state index contributed by atoms with van der Waals surface area (Å²) in [6, 6.07) is 24.5. The van der Waals surface area contributed by atoms with E-state index >= 15 is 0 Å². The standard InChI is InChI=1S/C26H23N5O4S/c1-18-11-13-19(14-12-18)25-29-30-26(31(25)21-8-3-2-4-9-21)36-17-23(32)28-27-15-20-7-5-6-10-22(20)35-16-24(33)34/h2-15H,16-17H2,1H3,(H,28,32)(H,33,34). The number of aryl methyl sites for hydroxylation is 1. The maximum absolute atomic E-state index is 12.5. The molecule has 3 aromatic carbocycles. The maximum atomic E-state index is 12.5. The van der Waals surface area contributed by atoms with Crippen molar-refractivity contribution in [3.05, 3.63) is 90.0 Å². The molecule has 36 heavy (non-hydrogen) atoms. The van der Waals surface area contributed by atoms with Gasteiger partial charge in [0, 0.05) is 16.8 Å². The summed E-state index contributed by atoms with van der Waals surface area (Å²) in [7, 11) is 0. The normalized spacial score (nSPS) is 10.9. The Morgan fingerprint density at radius 1 is 1.03 bits per heavy atom. The monoisotopic (exact) mass is 501 g/mol. The Labute approximate surface area is 211 Å². The first kappa shape index (κ1) is 24.7. The third kappa shape index (κ3) is 6.36. The second-order valence-corrected chi connectivity index (χ2v) is 8.59. The molecule has 182 valence electrons. The Morgan fingerprint density at radius 2 is 1.75 bits per heavy atom. The number of amides is 1. The van der Waals surface area contributed by atoms with Crippen LogP contribution < -0.4 is 10.2 Å². The number of nitrogens with zero attached hydrogens (tertiary/aromatic N) is 4. The molecule has 9 nitrogen and oxygen atoms in total. The molecule has 0 atom stereocenters. The molecule has 1 aromatic heterocycles. The van der Waals surface area contributed by atoms with Crippen LogP contribution in [-0.4, -0.2) is 50.3 Å². The Morgan fingerprint density at radius 3 is 2.50 bits per heavy atom. The van der Waals surface area contributed by atoms with Crippen LogP contribution in [0.3, 0.4) is 0 Å². The molecule has 10 heteroatoms. The third-order valence-electron chi connectivity index (χ3n) is 4.95. The lowest BCUT2D eigenvalue weighted by molar-refractivity contribution is -0.139. The van der Waals surface area contributed by atoms with Crippen LogP contribution in [0.4, 0.5) is 0 Å². The van der Waals surface area contributed by atoms with Crippen molar-refractivity contribution in [2.24, 2.45) is 5.10 Å². The average Bonchev–Trinajstić information content (AvgIpc) is 3.32. The van der Waals surface area contributed by atoms with Crippen molar-refractivity contribution in [3.8, 4) is 22.8 Å². The molecule has 0 radical (unpaired) electrons. The number of nitrogens with one attached hydrogen (secondary N) is 1. The van der Waals surface area contributed by atoms with Crippen molar-refractivity contribution in [3.63, 3.8) is 0 Å². The molecular formula is C26H23N5O4S. The van der Waals surface area contributed by atoms with Crippen LogP contribution in [0.2, 0.25) is 0 Å². The van der Waals surface area contributed by atoms with Crippen LogP contribution in [0.5, 0.6) is 5.75 Å². The molecule has 0 aliphatic rings. The fraction of sp³-hybridized carbons (Fsp3) is 0.115. The fourth-order valence-corrected chi connectivity index (χ4v) is 4.00. The number of para-hydroxylation sites is 2. The Hall–Kier alpha value is -4.44. The van der Waals surface area contributed by atoms with Gasteiger partial charge in [-0.1, -0.05) is 71.9 Å². The van der Waals surface area contributed by atoms with E-state index in [2.05, 4.69) is 20.7 Å². The second-order valence-electron chi connectivity index (χ2n) is 7.65. The molecule has 4 rings (SSSR count). The van der Waals surface area contributed by atoms with Crippen molar-refractivity contribution < 1.29 is 19.4 Å². The lowest BCUT2D eigenvalue weighted by atomic mass is 10.1. The fourth-order valence-electron chi connectivity index (χ4n) is 3.26. The molecule has 1 amide bonds. The van der Waals surface area contributed by atoms with E-state index in [0.29, 0.717) is 22.3 Å². The molecule has 0 spiro atoms. The highest BCUT2D eigenvalue weighted by atomic mass is 32.2. The molecular weight excluding hydrogens is 478 g/mol. The van der Waals surface area contributed by atoms with Crippen molar-refractivity contribution in [2.45, 2.75) is 12.1 Å². The zero-order valence-corrected chi connectivity index (χ0v) is 20.2. The van der Waals surface area contributed by atoms with Crippen molar-refractivity contribution in [1.82, 2.24) is 20.2 Å². The molecule has 0 saturated carbocycles. The summed E-state index contributed by atoms with van der Waals surface area (Å²) in [6.07, 6.45) is 1.40. The number of hydrogen-bond acceptors (Lipinski definition) is 7. The number of benzene rings is 3. The van der Waals surface area contributed by atoms with Crippen LogP contribution in [0.25, 0.3) is 17.1 Å². The Kier molecular flexibility index (Phi) is 8.09. The van der Waals surface area contributed by atoms with Crippen molar-refractivity contribution >= 4 is 29.9 Å². The first-order chi connectivity index (χ1) is 17.5. The van der Waals surface area contributed by atoms with Gasteiger partial charge < -0.3 is 9.84 Å². The number of carboxylic acid groups (broad SMARTS) is 1. The van der Waals surface area contributed by atoms with E-state index < -0.39 is 12.6 Å². The number of aliphatic carboxylic acids is 1. The van der Waals surface area contributed by atoms with E-state index in [9.17, 15) is 9.59 Å². The maximum Gasteiger partial charge on any atom is 0.341 e. The lowest BCUT2D eigenvalue weighted by Gasteiger charge is -2.10. The Bertz CT molecular complexity index is 1370. The van der Waals surface area contributed by atoms with Gasteiger partial charge in [0.15, 0.2) is 17.6 Å². The summed E-state index contributed by atoms with van der Waals surface area (Å²) < 4.78 is 7.15. The van der Waals surface area contributed by atoms with Crippen LogP contribution in [0.1, 0.15) is 11.1 Å². The summed E-state index contributed by atoms with van der Waals surface area (Å²) in [5, 5.41) is 22.1. The minimum Gasteiger partial charge on any atom is -0.481 e. The molecule has 4 aromatic rings. The number of aromatic nitrogens is 3. The molecule has 1 heterocycles. The van der Waals surface area contributed by atoms with Gasteiger partial charge in [0.2, 0.25) is 0 Å². The smallest absolute Gasteiger partial charge is 0.341 e. The second kappa shape index (κ2) is 11.8. The molecule has 0 saturated heterocycles. The molecule has 0 aliphatic carbocycles. The highest BCUT2D eigenvalue weighted by molar-refractivity contribution is 7.99. The van der Waals surface area contributed by atoms with Crippen LogP contribution in [0, 0.1) is 6.92 Å². The van der Waals surface area contributed by atoms with Gasteiger partial charge in [0.25, 0.3) is 5.91 Å². The summed E-state index contributed by atoms with van der Waals surface area (Å²) in [5.41, 5.74) is 5.97. The van der Waals surface area contributed by atoms with E-state index in [1.54, 1.807) is 24.3 Å². The van der Waals surface area contributed by atoms with Gasteiger partial charge in [-0.2, -0.15) is 5.10 Å². The number of thioether (sulfide) groups is 1. The van der Waals surface area contributed by atoms with E-state index in [-0.39, 0.29) is 11.7 Å². The summed E-state index contributed by atoms with van der Waals surface area (Å²) in [4.78, 5) is 23.2. The largest absolute Gasteiger partial charge is 0.481 e. The number of carbonyl (C=O) groups is 2. The van der Waals surface area contributed by atoms with Gasteiger partial charge >= 0.3 is 5.97 Å². The number of hydrogen-bond donors (Lipinski definition) is 2. The average molecular weight is 502 g/mol. The highest BCUT2D eigenvalue weighted by Gasteiger charge is 2.17.